The highest BCUT2D eigenvalue weighted by molar-refractivity contribution is 5.84. The fraction of sp³-hybridized carbons (Fsp3) is 0.938. The van der Waals surface area contributed by atoms with E-state index in [0.717, 1.165) is 38.4 Å². The summed E-state index contributed by atoms with van der Waals surface area (Å²) in [7, 11) is 0. The van der Waals surface area contributed by atoms with Gasteiger partial charge in [0, 0.05) is 25.7 Å². The van der Waals surface area contributed by atoms with Gasteiger partial charge in [-0.25, -0.2) is 0 Å². The molecule has 122 valence electrons. The third kappa shape index (κ3) is 4.41. The number of nitrogens with one attached hydrogen (secondary N) is 1. The van der Waals surface area contributed by atoms with Crippen LogP contribution in [0.3, 0.4) is 0 Å². The largest absolute Gasteiger partial charge is 0.368 e. The van der Waals surface area contributed by atoms with Crippen molar-refractivity contribution < 1.29 is 4.79 Å². The van der Waals surface area contributed by atoms with E-state index < -0.39 is 5.54 Å². The van der Waals surface area contributed by atoms with Crippen LogP contribution >= 0.6 is 0 Å². The Hall–Kier alpha value is -0.650. The standard InChI is InChI=1S/C16H32N4O/c1-3-18-16(2,15(17)21)8-4-5-9-19-11-12-20-10-6-7-14(20)13-19/h14,18H,3-13H2,1-2H3,(H2,17,21). The summed E-state index contributed by atoms with van der Waals surface area (Å²) in [6.07, 6.45) is 5.78. The lowest BCUT2D eigenvalue weighted by molar-refractivity contribution is -0.124. The number of amides is 1. The number of piperazine rings is 1. The van der Waals surface area contributed by atoms with E-state index in [4.69, 9.17) is 5.73 Å². The number of carbonyl (C=O) groups excluding carboxylic acids is 1. The second kappa shape index (κ2) is 7.56. The molecule has 0 aliphatic carbocycles. The van der Waals surface area contributed by atoms with Gasteiger partial charge in [0.1, 0.15) is 0 Å². The molecule has 0 aromatic carbocycles. The molecule has 0 aromatic heterocycles. The molecule has 2 fully saturated rings. The predicted octanol–water partition coefficient (Wildman–Crippen LogP) is 0.790. The Balaban J connectivity index is 1.66. The zero-order valence-corrected chi connectivity index (χ0v) is 13.7. The summed E-state index contributed by atoms with van der Waals surface area (Å²) in [5.74, 6) is -0.232. The number of unbranched alkanes of at least 4 members (excludes halogenated alkanes) is 1. The van der Waals surface area contributed by atoms with Gasteiger partial charge in [0.2, 0.25) is 5.91 Å². The smallest absolute Gasteiger partial charge is 0.237 e. The highest BCUT2D eigenvalue weighted by Gasteiger charge is 2.31. The van der Waals surface area contributed by atoms with Crippen LogP contribution in [-0.2, 0) is 4.79 Å². The Labute approximate surface area is 129 Å². The summed E-state index contributed by atoms with van der Waals surface area (Å²) in [5, 5.41) is 3.23. The lowest BCUT2D eigenvalue weighted by Gasteiger charge is -2.37. The van der Waals surface area contributed by atoms with E-state index in [1.807, 2.05) is 13.8 Å². The third-order valence-corrected chi connectivity index (χ3v) is 5.18. The monoisotopic (exact) mass is 296 g/mol. The molecule has 0 saturated carbocycles. The minimum Gasteiger partial charge on any atom is -0.368 e. The van der Waals surface area contributed by atoms with Crippen LogP contribution in [0.4, 0.5) is 0 Å². The van der Waals surface area contributed by atoms with E-state index in [1.54, 1.807) is 0 Å². The van der Waals surface area contributed by atoms with Gasteiger partial charge in [0.25, 0.3) is 0 Å². The first-order valence-electron chi connectivity index (χ1n) is 8.56. The molecule has 2 heterocycles. The normalized spacial score (nSPS) is 26.5. The Morgan fingerprint density at radius 3 is 2.86 bits per heavy atom. The molecule has 5 heteroatoms. The molecule has 0 aromatic rings. The van der Waals surface area contributed by atoms with Crippen LogP contribution in [0.1, 0.15) is 46.0 Å². The third-order valence-electron chi connectivity index (χ3n) is 5.18. The summed E-state index contributed by atoms with van der Waals surface area (Å²) in [6, 6.07) is 0.802. The molecule has 2 saturated heterocycles. The summed E-state index contributed by atoms with van der Waals surface area (Å²) in [6.45, 7) is 10.9. The summed E-state index contributed by atoms with van der Waals surface area (Å²) in [4.78, 5) is 16.8. The van der Waals surface area contributed by atoms with Gasteiger partial charge in [0.05, 0.1) is 5.54 Å². The topological polar surface area (TPSA) is 61.6 Å². The molecular weight excluding hydrogens is 264 g/mol. The van der Waals surface area contributed by atoms with Gasteiger partial charge in [-0.15, -0.1) is 0 Å². The van der Waals surface area contributed by atoms with Crippen molar-refractivity contribution in [2.45, 2.75) is 57.5 Å². The molecule has 2 aliphatic rings. The van der Waals surface area contributed by atoms with Crippen LogP contribution in [0.15, 0.2) is 0 Å². The molecule has 0 spiro atoms. The molecule has 2 aliphatic heterocycles. The first kappa shape index (κ1) is 16.7. The second-order valence-corrected chi connectivity index (χ2v) is 6.82. The van der Waals surface area contributed by atoms with E-state index in [2.05, 4.69) is 15.1 Å². The highest BCUT2D eigenvalue weighted by Crippen LogP contribution is 2.22. The zero-order chi connectivity index (χ0) is 15.3. The van der Waals surface area contributed by atoms with E-state index in [0.29, 0.717) is 0 Å². The number of nitrogens with zero attached hydrogens (tertiary/aromatic N) is 2. The van der Waals surface area contributed by atoms with Crippen LogP contribution < -0.4 is 11.1 Å². The van der Waals surface area contributed by atoms with Gasteiger partial charge in [0.15, 0.2) is 0 Å². The maximum absolute atomic E-state index is 11.6. The molecule has 0 radical (unpaired) electrons. The first-order valence-corrected chi connectivity index (χ1v) is 8.56. The van der Waals surface area contributed by atoms with E-state index in [1.165, 1.54) is 39.0 Å². The van der Waals surface area contributed by atoms with Crippen molar-refractivity contribution in [3.8, 4) is 0 Å². The summed E-state index contributed by atoms with van der Waals surface area (Å²) < 4.78 is 0. The van der Waals surface area contributed by atoms with Gasteiger partial charge >= 0.3 is 0 Å². The second-order valence-electron chi connectivity index (χ2n) is 6.82. The Morgan fingerprint density at radius 2 is 2.14 bits per heavy atom. The maximum Gasteiger partial charge on any atom is 0.237 e. The van der Waals surface area contributed by atoms with Crippen molar-refractivity contribution in [2.24, 2.45) is 5.73 Å². The van der Waals surface area contributed by atoms with Crippen molar-refractivity contribution in [1.82, 2.24) is 15.1 Å². The molecule has 21 heavy (non-hydrogen) atoms. The average Bonchev–Trinajstić information content (AvgIpc) is 2.91. The van der Waals surface area contributed by atoms with Crippen LogP contribution in [-0.4, -0.2) is 66.6 Å². The van der Waals surface area contributed by atoms with Crippen LogP contribution in [0, 0.1) is 0 Å². The SMILES string of the molecule is CCNC(C)(CCCCN1CCN2CCCC2C1)C(N)=O. The predicted molar refractivity (Wildman–Crippen MR) is 86.2 cm³/mol. The Kier molecular flexibility index (Phi) is 6.02. The van der Waals surface area contributed by atoms with Gasteiger partial charge in [-0.3, -0.25) is 9.69 Å². The molecule has 2 atom stereocenters. The fourth-order valence-corrected chi connectivity index (χ4v) is 3.76. The quantitative estimate of drug-likeness (QED) is 0.650. The van der Waals surface area contributed by atoms with Gasteiger partial charge < -0.3 is 16.0 Å². The zero-order valence-electron chi connectivity index (χ0n) is 13.7. The van der Waals surface area contributed by atoms with Crippen molar-refractivity contribution in [3.05, 3.63) is 0 Å². The van der Waals surface area contributed by atoms with E-state index >= 15 is 0 Å². The Morgan fingerprint density at radius 1 is 1.33 bits per heavy atom. The summed E-state index contributed by atoms with van der Waals surface area (Å²) >= 11 is 0. The molecule has 0 bridgehead atoms. The first-order chi connectivity index (χ1) is 10.0. The lowest BCUT2D eigenvalue weighted by atomic mass is 9.94. The summed E-state index contributed by atoms with van der Waals surface area (Å²) in [5.41, 5.74) is 4.98. The van der Waals surface area contributed by atoms with Gasteiger partial charge in [-0.05, 0) is 58.7 Å². The minimum absolute atomic E-state index is 0.232. The minimum atomic E-state index is -0.543. The molecule has 3 N–H and O–H groups in total. The van der Waals surface area contributed by atoms with Crippen molar-refractivity contribution >= 4 is 5.91 Å². The number of nitrogens with two attached hydrogens (primary N) is 1. The van der Waals surface area contributed by atoms with Gasteiger partial charge in [-0.1, -0.05) is 6.92 Å². The fourth-order valence-electron chi connectivity index (χ4n) is 3.76. The highest BCUT2D eigenvalue weighted by atomic mass is 16.1. The lowest BCUT2D eigenvalue weighted by Crippen LogP contribution is -2.53. The molecule has 5 nitrogen and oxygen atoms in total. The number of likely N-dealkylation sites (N-methyl/N-ethyl adjacent to an activating group) is 1. The molecule has 2 unspecified atom stereocenters. The van der Waals surface area contributed by atoms with Crippen LogP contribution in [0.5, 0.6) is 0 Å². The maximum atomic E-state index is 11.6. The van der Waals surface area contributed by atoms with Crippen molar-refractivity contribution in [2.75, 3.05) is 39.3 Å². The number of rotatable bonds is 8. The molecular formula is C16H32N4O. The number of primary amides is 1. The van der Waals surface area contributed by atoms with Crippen molar-refractivity contribution in [3.63, 3.8) is 0 Å². The van der Waals surface area contributed by atoms with Crippen molar-refractivity contribution in [1.29, 1.82) is 0 Å². The van der Waals surface area contributed by atoms with Gasteiger partial charge in [-0.2, -0.15) is 0 Å². The molecule has 1 amide bonds. The number of hydrogen-bond acceptors (Lipinski definition) is 4. The Bertz CT molecular complexity index is 349. The van der Waals surface area contributed by atoms with E-state index in [-0.39, 0.29) is 5.91 Å². The number of fused-ring (bicyclic) bond motifs is 1. The molecule has 2 rings (SSSR count). The average molecular weight is 296 g/mol. The number of hydrogen-bond donors (Lipinski definition) is 2. The van der Waals surface area contributed by atoms with Crippen LogP contribution in [0.2, 0.25) is 0 Å². The van der Waals surface area contributed by atoms with Crippen LogP contribution in [0.25, 0.3) is 0 Å². The number of carbonyl (C=O) groups is 1. The van der Waals surface area contributed by atoms with E-state index in [9.17, 15) is 4.79 Å².